The molecule has 2 rings (SSSR count). The van der Waals surface area contributed by atoms with E-state index in [0.717, 1.165) is 19.5 Å². The van der Waals surface area contributed by atoms with Crippen LogP contribution in [-0.4, -0.2) is 20.6 Å². The number of imidazole rings is 1. The number of rotatable bonds is 6. The molecule has 0 aliphatic heterocycles. The minimum absolute atomic E-state index is 0.415. The van der Waals surface area contributed by atoms with E-state index in [1.807, 2.05) is 12.5 Å². The molecule has 0 aliphatic rings. The first-order valence-corrected chi connectivity index (χ1v) is 6.78. The van der Waals surface area contributed by atoms with E-state index in [0.29, 0.717) is 6.04 Å². The second-order valence-electron chi connectivity index (χ2n) is 4.13. The van der Waals surface area contributed by atoms with Crippen molar-refractivity contribution in [3.8, 4) is 0 Å². The van der Waals surface area contributed by atoms with Gasteiger partial charge in [-0.1, -0.05) is 6.92 Å². The molecule has 0 saturated heterocycles. The molecule has 0 fully saturated rings. The van der Waals surface area contributed by atoms with E-state index in [2.05, 4.69) is 39.1 Å². The molecular weight excluding hydrogens is 232 g/mol. The van der Waals surface area contributed by atoms with E-state index in [1.54, 1.807) is 17.5 Å². The lowest BCUT2D eigenvalue weighted by Crippen LogP contribution is -2.29. The molecule has 92 valence electrons. The summed E-state index contributed by atoms with van der Waals surface area (Å²) in [6, 6.07) is 0.415. The van der Waals surface area contributed by atoms with Crippen LogP contribution in [0.15, 0.2) is 24.1 Å². The Labute approximate surface area is 106 Å². The molecule has 2 heterocycles. The Morgan fingerprint density at radius 1 is 1.53 bits per heavy atom. The van der Waals surface area contributed by atoms with Gasteiger partial charge in [-0.05, 0) is 13.3 Å². The molecular formula is C12H18N4S. The Hall–Kier alpha value is -1.20. The first-order valence-electron chi connectivity index (χ1n) is 5.90. The molecule has 1 N–H and O–H groups in total. The van der Waals surface area contributed by atoms with Crippen LogP contribution in [0.2, 0.25) is 0 Å². The molecule has 17 heavy (non-hydrogen) atoms. The normalized spacial score (nSPS) is 12.8. The maximum Gasteiger partial charge on any atom is 0.107 e. The van der Waals surface area contributed by atoms with Crippen LogP contribution in [0.4, 0.5) is 0 Å². The third kappa shape index (κ3) is 3.64. The topological polar surface area (TPSA) is 42.7 Å². The zero-order valence-corrected chi connectivity index (χ0v) is 11.1. The number of aromatic nitrogens is 3. The van der Waals surface area contributed by atoms with Gasteiger partial charge in [-0.25, -0.2) is 9.97 Å². The molecule has 5 heteroatoms. The quantitative estimate of drug-likeness (QED) is 0.853. The minimum atomic E-state index is 0.415. The zero-order chi connectivity index (χ0) is 12.1. The fourth-order valence-electron chi connectivity index (χ4n) is 1.63. The molecule has 0 amide bonds. The molecule has 0 saturated carbocycles. The van der Waals surface area contributed by atoms with Crippen LogP contribution < -0.4 is 5.32 Å². The highest BCUT2D eigenvalue weighted by atomic mass is 32.1. The first kappa shape index (κ1) is 12.3. The maximum absolute atomic E-state index is 4.53. The third-order valence-electron chi connectivity index (χ3n) is 2.61. The molecule has 0 aromatic carbocycles. The van der Waals surface area contributed by atoms with E-state index in [1.165, 1.54) is 10.7 Å². The van der Waals surface area contributed by atoms with Crippen molar-refractivity contribution in [1.29, 1.82) is 0 Å². The van der Waals surface area contributed by atoms with Gasteiger partial charge in [-0.15, -0.1) is 11.3 Å². The highest BCUT2D eigenvalue weighted by Gasteiger charge is 2.04. The van der Waals surface area contributed by atoms with Gasteiger partial charge < -0.3 is 9.88 Å². The summed E-state index contributed by atoms with van der Waals surface area (Å²) in [5, 5.41) is 6.78. The molecule has 4 nitrogen and oxygen atoms in total. The molecule has 1 unspecified atom stereocenters. The lowest BCUT2D eigenvalue weighted by Gasteiger charge is -2.13. The predicted octanol–water partition coefficient (Wildman–Crippen LogP) is 2.08. The van der Waals surface area contributed by atoms with Crippen LogP contribution >= 0.6 is 11.3 Å². The molecule has 0 radical (unpaired) electrons. The smallest absolute Gasteiger partial charge is 0.107 e. The van der Waals surface area contributed by atoms with Gasteiger partial charge in [0.2, 0.25) is 0 Å². The lowest BCUT2D eigenvalue weighted by molar-refractivity contribution is 0.475. The Morgan fingerprint density at radius 3 is 3.06 bits per heavy atom. The lowest BCUT2D eigenvalue weighted by atomic mass is 10.3. The highest BCUT2D eigenvalue weighted by molar-refractivity contribution is 7.09. The number of hydrogen-bond donors (Lipinski definition) is 1. The van der Waals surface area contributed by atoms with Crippen LogP contribution in [0.25, 0.3) is 0 Å². The van der Waals surface area contributed by atoms with Gasteiger partial charge in [0, 0.05) is 36.9 Å². The first-order chi connectivity index (χ1) is 8.28. The van der Waals surface area contributed by atoms with Crippen molar-refractivity contribution >= 4 is 11.3 Å². The average Bonchev–Trinajstić information content (AvgIpc) is 2.96. The van der Waals surface area contributed by atoms with Crippen molar-refractivity contribution in [3.05, 3.63) is 34.8 Å². The van der Waals surface area contributed by atoms with Crippen LogP contribution in [-0.2, 0) is 19.5 Å². The van der Waals surface area contributed by atoms with E-state index < -0.39 is 0 Å². The number of hydrogen-bond acceptors (Lipinski definition) is 4. The molecule has 0 bridgehead atoms. The monoisotopic (exact) mass is 250 g/mol. The minimum Gasteiger partial charge on any atom is -0.336 e. The standard InChI is InChI=1S/C12H18N4S/c1-3-11-8-17-12(15-11)6-14-10(2)7-16-5-4-13-9-16/h4-5,8-10,14H,3,6-7H2,1-2H3. The van der Waals surface area contributed by atoms with E-state index in [4.69, 9.17) is 0 Å². The summed E-state index contributed by atoms with van der Waals surface area (Å²) in [6.07, 6.45) is 6.65. The Morgan fingerprint density at radius 2 is 2.41 bits per heavy atom. The van der Waals surface area contributed by atoms with Crippen LogP contribution in [0, 0.1) is 0 Å². The van der Waals surface area contributed by atoms with Crippen molar-refractivity contribution in [2.45, 2.75) is 39.4 Å². The van der Waals surface area contributed by atoms with Gasteiger partial charge in [0.15, 0.2) is 0 Å². The molecule has 1 atom stereocenters. The Kier molecular flexibility index (Phi) is 4.28. The predicted molar refractivity (Wildman–Crippen MR) is 70.0 cm³/mol. The summed E-state index contributed by atoms with van der Waals surface area (Å²) in [4.78, 5) is 8.57. The van der Waals surface area contributed by atoms with Crippen molar-refractivity contribution in [1.82, 2.24) is 19.9 Å². The Bertz CT molecular complexity index is 435. The van der Waals surface area contributed by atoms with Gasteiger partial charge in [-0.3, -0.25) is 0 Å². The molecule has 2 aromatic rings. The number of nitrogens with zero attached hydrogens (tertiary/aromatic N) is 3. The van der Waals surface area contributed by atoms with E-state index in [-0.39, 0.29) is 0 Å². The largest absolute Gasteiger partial charge is 0.336 e. The number of thiazole rings is 1. The summed E-state index contributed by atoms with van der Waals surface area (Å²) >= 11 is 1.73. The number of nitrogens with one attached hydrogen (secondary N) is 1. The summed E-state index contributed by atoms with van der Waals surface area (Å²) < 4.78 is 2.08. The highest BCUT2D eigenvalue weighted by Crippen LogP contribution is 2.10. The van der Waals surface area contributed by atoms with Crippen LogP contribution in [0.3, 0.4) is 0 Å². The zero-order valence-electron chi connectivity index (χ0n) is 10.3. The van der Waals surface area contributed by atoms with Gasteiger partial charge in [0.25, 0.3) is 0 Å². The maximum atomic E-state index is 4.53. The average molecular weight is 250 g/mol. The summed E-state index contributed by atoms with van der Waals surface area (Å²) in [7, 11) is 0. The van der Waals surface area contributed by atoms with Crippen molar-refractivity contribution < 1.29 is 0 Å². The Balaban J connectivity index is 1.77. The number of aryl methyl sites for hydroxylation is 1. The van der Waals surface area contributed by atoms with E-state index >= 15 is 0 Å². The summed E-state index contributed by atoms with van der Waals surface area (Å²) in [6.45, 7) is 6.09. The van der Waals surface area contributed by atoms with Gasteiger partial charge in [0.05, 0.1) is 12.0 Å². The second kappa shape index (κ2) is 5.93. The van der Waals surface area contributed by atoms with Crippen LogP contribution in [0.1, 0.15) is 24.5 Å². The molecule has 2 aromatic heterocycles. The molecule has 0 spiro atoms. The van der Waals surface area contributed by atoms with Gasteiger partial charge >= 0.3 is 0 Å². The second-order valence-corrected chi connectivity index (χ2v) is 5.07. The van der Waals surface area contributed by atoms with E-state index in [9.17, 15) is 0 Å². The third-order valence-corrected chi connectivity index (χ3v) is 3.50. The van der Waals surface area contributed by atoms with Crippen molar-refractivity contribution in [3.63, 3.8) is 0 Å². The van der Waals surface area contributed by atoms with Crippen molar-refractivity contribution in [2.24, 2.45) is 0 Å². The van der Waals surface area contributed by atoms with Gasteiger partial charge in [0.1, 0.15) is 5.01 Å². The molecule has 0 aliphatic carbocycles. The van der Waals surface area contributed by atoms with Gasteiger partial charge in [-0.2, -0.15) is 0 Å². The SMILES string of the molecule is CCc1csc(CNC(C)Cn2ccnc2)n1. The summed E-state index contributed by atoms with van der Waals surface area (Å²) in [5.74, 6) is 0. The fourth-order valence-corrected chi connectivity index (χ4v) is 2.46. The summed E-state index contributed by atoms with van der Waals surface area (Å²) in [5.41, 5.74) is 1.19. The fraction of sp³-hybridized carbons (Fsp3) is 0.500. The van der Waals surface area contributed by atoms with Crippen LogP contribution in [0.5, 0.6) is 0 Å². The van der Waals surface area contributed by atoms with Crippen molar-refractivity contribution in [2.75, 3.05) is 0 Å².